The molecule has 4 nitrogen and oxygen atoms in total. The molecule has 1 fully saturated rings. The summed E-state index contributed by atoms with van der Waals surface area (Å²) >= 11 is 0. The van der Waals surface area contributed by atoms with E-state index in [9.17, 15) is 13.6 Å². The van der Waals surface area contributed by atoms with Crippen LogP contribution in [-0.4, -0.2) is 22.0 Å². The fourth-order valence-corrected chi connectivity index (χ4v) is 3.33. The van der Waals surface area contributed by atoms with Crippen LogP contribution in [0.15, 0.2) is 24.3 Å². The van der Waals surface area contributed by atoms with Gasteiger partial charge in [-0.15, -0.1) is 0 Å². The van der Waals surface area contributed by atoms with E-state index >= 15 is 0 Å². The summed E-state index contributed by atoms with van der Waals surface area (Å²) in [5.41, 5.74) is 3.64. The maximum absolute atomic E-state index is 13.7. The van der Waals surface area contributed by atoms with Gasteiger partial charge >= 0.3 is 0 Å². The van der Waals surface area contributed by atoms with E-state index in [1.165, 1.54) is 0 Å². The largest absolute Gasteiger partial charge is 0.309 e. The number of aromatic amines is 1. The van der Waals surface area contributed by atoms with Crippen molar-refractivity contribution >= 4 is 11.7 Å². The van der Waals surface area contributed by atoms with Crippen LogP contribution in [0.2, 0.25) is 0 Å². The second kappa shape index (κ2) is 6.34. The highest BCUT2D eigenvalue weighted by Gasteiger charge is 2.44. The molecule has 3 rings (SSSR count). The molecule has 1 amide bonds. The van der Waals surface area contributed by atoms with E-state index in [0.717, 1.165) is 22.4 Å². The Morgan fingerprint density at radius 1 is 1.42 bits per heavy atom. The molecular weight excluding hydrogens is 312 g/mol. The number of amides is 1. The van der Waals surface area contributed by atoms with E-state index in [0.29, 0.717) is 18.7 Å². The quantitative estimate of drug-likeness (QED) is 0.868. The number of carbonyl (C=O) groups excluding carboxylic acids is 1. The number of rotatable bonds is 4. The summed E-state index contributed by atoms with van der Waals surface area (Å²) in [5.74, 6) is -3.63. The SMILES string of the molecule is Cc1cccc(-c2c(NC(=O)CC3CCCC3(F)F)n[nH]c2C)c1. The van der Waals surface area contributed by atoms with Crippen molar-refractivity contribution in [2.75, 3.05) is 5.32 Å². The van der Waals surface area contributed by atoms with Crippen molar-refractivity contribution in [3.05, 3.63) is 35.5 Å². The van der Waals surface area contributed by atoms with Gasteiger partial charge in [0.15, 0.2) is 5.82 Å². The minimum Gasteiger partial charge on any atom is -0.309 e. The number of H-pyrrole nitrogens is 1. The number of alkyl halides is 2. The highest BCUT2D eigenvalue weighted by atomic mass is 19.3. The molecule has 128 valence electrons. The van der Waals surface area contributed by atoms with Crippen LogP contribution in [0, 0.1) is 19.8 Å². The molecule has 2 N–H and O–H groups in total. The van der Waals surface area contributed by atoms with Crippen LogP contribution in [0.5, 0.6) is 0 Å². The Balaban J connectivity index is 1.78. The molecule has 6 heteroatoms. The topological polar surface area (TPSA) is 57.8 Å². The molecule has 1 saturated carbocycles. The predicted molar refractivity (Wildman–Crippen MR) is 89.0 cm³/mol. The fourth-order valence-electron chi connectivity index (χ4n) is 3.33. The first-order chi connectivity index (χ1) is 11.4. The first-order valence-corrected chi connectivity index (χ1v) is 8.16. The summed E-state index contributed by atoms with van der Waals surface area (Å²) < 4.78 is 27.4. The summed E-state index contributed by atoms with van der Waals surface area (Å²) in [5, 5.41) is 9.69. The number of anilines is 1. The molecule has 1 aliphatic carbocycles. The van der Waals surface area contributed by atoms with E-state index in [-0.39, 0.29) is 12.8 Å². The number of carbonyl (C=O) groups is 1. The Labute approximate surface area is 139 Å². The normalized spacial score (nSPS) is 19.4. The molecule has 0 spiro atoms. The summed E-state index contributed by atoms with van der Waals surface area (Å²) in [7, 11) is 0. The zero-order valence-corrected chi connectivity index (χ0v) is 13.8. The zero-order chi connectivity index (χ0) is 17.3. The lowest BCUT2D eigenvalue weighted by Crippen LogP contribution is -2.26. The third-order valence-corrected chi connectivity index (χ3v) is 4.60. The fraction of sp³-hybridized carbons (Fsp3) is 0.444. The molecule has 1 aromatic carbocycles. The second-order valence-corrected chi connectivity index (χ2v) is 6.54. The van der Waals surface area contributed by atoms with Gasteiger partial charge in [-0.25, -0.2) is 8.78 Å². The van der Waals surface area contributed by atoms with Gasteiger partial charge in [-0.3, -0.25) is 9.89 Å². The highest BCUT2D eigenvalue weighted by molar-refractivity contribution is 5.94. The van der Waals surface area contributed by atoms with Gasteiger partial charge in [-0.1, -0.05) is 29.8 Å². The Morgan fingerprint density at radius 3 is 2.88 bits per heavy atom. The third kappa shape index (κ3) is 3.32. The van der Waals surface area contributed by atoms with Gasteiger partial charge in [-0.05, 0) is 32.3 Å². The second-order valence-electron chi connectivity index (χ2n) is 6.54. The molecule has 2 aromatic rings. The van der Waals surface area contributed by atoms with Gasteiger partial charge in [0, 0.05) is 30.0 Å². The molecule has 0 saturated heterocycles. The van der Waals surface area contributed by atoms with Crippen molar-refractivity contribution in [2.45, 2.75) is 45.5 Å². The monoisotopic (exact) mass is 333 g/mol. The van der Waals surface area contributed by atoms with Gasteiger partial charge in [0.25, 0.3) is 5.92 Å². The molecule has 1 aromatic heterocycles. The van der Waals surface area contributed by atoms with Crippen molar-refractivity contribution in [1.29, 1.82) is 0 Å². The molecule has 24 heavy (non-hydrogen) atoms. The smallest absolute Gasteiger partial charge is 0.251 e. The number of aryl methyl sites for hydroxylation is 2. The average Bonchev–Trinajstić information content (AvgIpc) is 3.02. The summed E-state index contributed by atoms with van der Waals surface area (Å²) in [6.07, 6.45) is 0.568. The number of nitrogens with one attached hydrogen (secondary N) is 2. The number of aromatic nitrogens is 2. The number of nitrogens with zero attached hydrogens (tertiary/aromatic N) is 1. The van der Waals surface area contributed by atoms with E-state index < -0.39 is 17.7 Å². The lowest BCUT2D eigenvalue weighted by Gasteiger charge is -2.18. The highest BCUT2D eigenvalue weighted by Crippen LogP contribution is 2.42. The number of benzene rings is 1. The van der Waals surface area contributed by atoms with Crippen LogP contribution in [0.3, 0.4) is 0 Å². The molecule has 1 aliphatic rings. The lowest BCUT2D eigenvalue weighted by molar-refractivity contribution is -0.120. The van der Waals surface area contributed by atoms with E-state index in [1.807, 2.05) is 38.1 Å². The lowest BCUT2D eigenvalue weighted by atomic mass is 10.00. The van der Waals surface area contributed by atoms with Crippen LogP contribution >= 0.6 is 0 Å². The molecule has 0 radical (unpaired) electrons. The number of hydrogen-bond acceptors (Lipinski definition) is 2. The van der Waals surface area contributed by atoms with Crippen molar-refractivity contribution < 1.29 is 13.6 Å². The van der Waals surface area contributed by atoms with Crippen LogP contribution < -0.4 is 5.32 Å². The van der Waals surface area contributed by atoms with E-state index in [4.69, 9.17) is 0 Å². The summed E-state index contributed by atoms with van der Waals surface area (Å²) in [6.45, 7) is 3.85. The van der Waals surface area contributed by atoms with Gasteiger partial charge in [0.1, 0.15) is 0 Å². The van der Waals surface area contributed by atoms with Crippen LogP contribution in [0.4, 0.5) is 14.6 Å². The summed E-state index contributed by atoms with van der Waals surface area (Å²) in [6, 6.07) is 7.85. The van der Waals surface area contributed by atoms with E-state index in [1.54, 1.807) is 0 Å². The van der Waals surface area contributed by atoms with E-state index in [2.05, 4.69) is 15.5 Å². The first-order valence-electron chi connectivity index (χ1n) is 8.16. The van der Waals surface area contributed by atoms with Crippen LogP contribution in [0.1, 0.15) is 36.9 Å². The van der Waals surface area contributed by atoms with Crippen molar-refractivity contribution in [3.63, 3.8) is 0 Å². The molecule has 0 aliphatic heterocycles. The zero-order valence-electron chi connectivity index (χ0n) is 13.8. The molecule has 1 atom stereocenters. The summed E-state index contributed by atoms with van der Waals surface area (Å²) in [4.78, 5) is 12.2. The number of hydrogen-bond donors (Lipinski definition) is 2. The van der Waals surface area contributed by atoms with Gasteiger partial charge < -0.3 is 5.32 Å². The van der Waals surface area contributed by atoms with Gasteiger partial charge in [-0.2, -0.15) is 5.10 Å². The maximum atomic E-state index is 13.7. The van der Waals surface area contributed by atoms with Crippen molar-refractivity contribution in [2.24, 2.45) is 5.92 Å². The van der Waals surface area contributed by atoms with Crippen molar-refractivity contribution in [1.82, 2.24) is 10.2 Å². The predicted octanol–water partition coefficient (Wildman–Crippen LogP) is 4.46. The minimum atomic E-state index is -2.74. The molecule has 1 heterocycles. The van der Waals surface area contributed by atoms with Gasteiger partial charge in [0.2, 0.25) is 5.91 Å². The molecule has 0 bridgehead atoms. The number of halogens is 2. The van der Waals surface area contributed by atoms with Crippen LogP contribution in [0.25, 0.3) is 11.1 Å². The maximum Gasteiger partial charge on any atom is 0.251 e. The first kappa shape index (κ1) is 16.6. The molecular formula is C18H21F2N3O. The average molecular weight is 333 g/mol. The molecule has 1 unspecified atom stereocenters. The standard InChI is InChI=1S/C18H21F2N3O/c1-11-5-3-6-13(9-11)16-12(2)22-23-17(16)21-15(24)10-14-7-4-8-18(14,19)20/h3,5-6,9,14H,4,7-8,10H2,1-2H3,(H2,21,22,23,24). The Kier molecular flexibility index (Phi) is 4.39. The Hall–Kier alpha value is -2.24. The van der Waals surface area contributed by atoms with Crippen LogP contribution in [-0.2, 0) is 4.79 Å². The minimum absolute atomic E-state index is 0.124. The van der Waals surface area contributed by atoms with Gasteiger partial charge in [0.05, 0.1) is 0 Å². The Morgan fingerprint density at radius 2 is 2.21 bits per heavy atom. The third-order valence-electron chi connectivity index (χ3n) is 4.60. The Bertz CT molecular complexity index is 754. The van der Waals surface area contributed by atoms with Crippen molar-refractivity contribution in [3.8, 4) is 11.1 Å².